The lowest BCUT2D eigenvalue weighted by atomic mass is 9.88. The van der Waals surface area contributed by atoms with Crippen LogP contribution in [0.5, 0.6) is 0 Å². The number of nitrogens with one attached hydrogen (secondary N) is 1. The Hall–Kier alpha value is -1.16. The second kappa shape index (κ2) is 4.84. The predicted octanol–water partition coefficient (Wildman–Crippen LogP) is 2.93. The predicted molar refractivity (Wildman–Crippen MR) is 69.9 cm³/mol. The summed E-state index contributed by atoms with van der Waals surface area (Å²) < 4.78 is 27.0. The molecular formula is C14H20F2N2. The van der Waals surface area contributed by atoms with Crippen LogP contribution in [-0.4, -0.2) is 25.2 Å². The molecule has 2 nitrogen and oxygen atoms in total. The molecule has 0 aromatic heterocycles. The summed E-state index contributed by atoms with van der Waals surface area (Å²) in [5.74, 6) is -0.762. The van der Waals surface area contributed by atoms with Crippen molar-refractivity contribution in [1.82, 2.24) is 5.32 Å². The van der Waals surface area contributed by atoms with Crippen LogP contribution in [0.1, 0.15) is 26.7 Å². The summed E-state index contributed by atoms with van der Waals surface area (Å²) in [4.78, 5) is 1.86. The number of hydrogen-bond donors (Lipinski definition) is 1. The van der Waals surface area contributed by atoms with Gasteiger partial charge in [0.25, 0.3) is 0 Å². The second-order valence-corrected chi connectivity index (χ2v) is 5.66. The molecule has 100 valence electrons. The van der Waals surface area contributed by atoms with Crippen LogP contribution in [-0.2, 0) is 0 Å². The number of nitrogens with zero attached hydrogens (tertiary/aromatic N) is 1. The third kappa shape index (κ3) is 2.80. The van der Waals surface area contributed by atoms with Gasteiger partial charge in [0.05, 0.1) is 5.69 Å². The summed E-state index contributed by atoms with van der Waals surface area (Å²) >= 11 is 0. The van der Waals surface area contributed by atoms with Crippen LogP contribution < -0.4 is 10.2 Å². The van der Waals surface area contributed by atoms with Crippen LogP contribution in [0.2, 0.25) is 0 Å². The van der Waals surface area contributed by atoms with E-state index in [-0.39, 0.29) is 17.4 Å². The third-order valence-electron chi connectivity index (χ3n) is 3.66. The van der Waals surface area contributed by atoms with Crippen molar-refractivity contribution >= 4 is 5.69 Å². The van der Waals surface area contributed by atoms with Crippen LogP contribution in [0.25, 0.3) is 0 Å². The molecule has 0 aliphatic carbocycles. The van der Waals surface area contributed by atoms with Crippen LogP contribution in [0.4, 0.5) is 14.5 Å². The maximum Gasteiger partial charge on any atom is 0.146 e. The van der Waals surface area contributed by atoms with Gasteiger partial charge in [-0.05, 0) is 45.4 Å². The molecule has 1 fully saturated rings. The Morgan fingerprint density at radius 2 is 2.06 bits per heavy atom. The van der Waals surface area contributed by atoms with Crippen molar-refractivity contribution in [2.24, 2.45) is 0 Å². The zero-order chi connectivity index (χ0) is 13.3. The molecule has 1 aromatic rings. The average Bonchev–Trinajstić information content (AvgIpc) is 2.30. The Labute approximate surface area is 107 Å². The minimum absolute atomic E-state index is 0.0426. The molecule has 1 atom stereocenters. The number of anilines is 1. The number of piperidine rings is 1. The molecule has 1 aliphatic heterocycles. The monoisotopic (exact) mass is 254 g/mol. The number of hydrogen-bond acceptors (Lipinski definition) is 2. The smallest absolute Gasteiger partial charge is 0.146 e. The molecule has 0 saturated carbocycles. The van der Waals surface area contributed by atoms with E-state index in [0.29, 0.717) is 5.69 Å². The number of rotatable bonds is 2. The fourth-order valence-electron chi connectivity index (χ4n) is 2.62. The Kier molecular flexibility index (Phi) is 3.57. The molecule has 0 bridgehead atoms. The molecule has 1 saturated heterocycles. The first-order valence-corrected chi connectivity index (χ1v) is 6.32. The van der Waals surface area contributed by atoms with Crippen LogP contribution in [0.3, 0.4) is 0 Å². The van der Waals surface area contributed by atoms with E-state index in [1.165, 1.54) is 12.1 Å². The van der Waals surface area contributed by atoms with E-state index in [1.807, 2.05) is 11.9 Å². The van der Waals surface area contributed by atoms with Crippen molar-refractivity contribution in [3.05, 3.63) is 29.8 Å². The van der Waals surface area contributed by atoms with E-state index in [4.69, 9.17) is 0 Å². The number of benzene rings is 1. The van der Waals surface area contributed by atoms with Gasteiger partial charge in [0.1, 0.15) is 11.6 Å². The first kappa shape index (κ1) is 13.3. The van der Waals surface area contributed by atoms with Gasteiger partial charge in [0.15, 0.2) is 0 Å². The molecule has 1 aromatic carbocycles. The Morgan fingerprint density at radius 3 is 2.72 bits per heavy atom. The standard InChI is InChI=1S/C14H20F2N2/c1-14(2)9-11(6-7-17-14)18(3)13-8-10(15)4-5-12(13)16/h4-5,8,11,17H,6-7,9H2,1-3H3. The van der Waals surface area contributed by atoms with Gasteiger partial charge in [-0.1, -0.05) is 0 Å². The molecule has 0 spiro atoms. The van der Waals surface area contributed by atoms with Gasteiger partial charge in [-0.25, -0.2) is 8.78 Å². The molecular weight excluding hydrogens is 234 g/mol. The molecule has 2 rings (SSSR count). The highest BCUT2D eigenvalue weighted by molar-refractivity contribution is 5.48. The molecule has 1 N–H and O–H groups in total. The maximum absolute atomic E-state index is 13.7. The SMILES string of the molecule is CN(c1cc(F)ccc1F)C1CCNC(C)(C)C1. The van der Waals surface area contributed by atoms with Gasteiger partial charge in [0.2, 0.25) is 0 Å². The van der Waals surface area contributed by atoms with Crippen molar-refractivity contribution in [1.29, 1.82) is 0 Å². The molecule has 4 heteroatoms. The van der Waals surface area contributed by atoms with Gasteiger partial charge >= 0.3 is 0 Å². The van der Waals surface area contributed by atoms with Crippen molar-refractivity contribution in [3.8, 4) is 0 Å². The van der Waals surface area contributed by atoms with Crippen molar-refractivity contribution < 1.29 is 8.78 Å². The fourth-order valence-corrected chi connectivity index (χ4v) is 2.62. The molecule has 0 radical (unpaired) electrons. The van der Waals surface area contributed by atoms with Crippen LogP contribution in [0.15, 0.2) is 18.2 Å². The molecule has 1 heterocycles. The maximum atomic E-state index is 13.7. The first-order valence-electron chi connectivity index (χ1n) is 6.32. The van der Waals surface area contributed by atoms with Crippen molar-refractivity contribution in [2.75, 3.05) is 18.5 Å². The van der Waals surface area contributed by atoms with E-state index in [9.17, 15) is 8.78 Å². The lowest BCUT2D eigenvalue weighted by Crippen LogP contribution is -2.52. The Bertz CT molecular complexity index is 432. The first-order chi connectivity index (χ1) is 8.39. The average molecular weight is 254 g/mol. The minimum Gasteiger partial charge on any atom is -0.369 e. The zero-order valence-electron chi connectivity index (χ0n) is 11.1. The van der Waals surface area contributed by atoms with Crippen molar-refractivity contribution in [2.45, 2.75) is 38.3 Å². The molecule has 1 unspecified atom stereocenters. The van der Waals surface area contributed by atoms with Gasteiger partial charge in [-0.3, -0.25) is 0 Å². The summed E-state index contributed by atoms with van der Waals surface area (Å²) in [5.41, 5.74) is 0.388. The molecule has 1 aliphatic rings. The van der Waals surface area contributed by atoms with E-state index in [2.05, 4.69) is 19.2 Å². The fraction of sp³-hybridized carbons (Fsp3) is 0.571. The number of halogens is 2. The van der Waals surface area contributed by atoms with E-state index in [1.54, 1.807) is 0 Å². The van der Waals surface area contributed by atoms with Gasteiger partial charge in [-0.2, -0.15) is 0 Å². The summed E-state index contributed by atoms with van der Waals surface area (Å²) in [5, 5.41) is 3.43. The van der Waals surface area contributed by atoms with E-state index < -0.39 is 5.82 Å². The topological polar surface area (TPSA) is 15.3 Å². The highest BCUT2D eigenvalue weighted by Crippen LogP contribution is 2.28. The van der Waals surface area contributed by atoms with Gasteiger partial charge < -0.3 is 10.2 Å². The van der Waals surface area contributed by atoms with Crippen LogP contribution in [0, 0.1) is 11.6 Å². The summed E-state index contributed by atoms with van der Waals surface area (Å²) in [6.07, 6.45) is 1.86. The zero-order valence-corrected chi connectivity index (χ0v) is 11.1. The minimum atomic E-state index is -0.397. The second-order valence-electron chi connectivity index (χ2n) is 5.66. The van der Waals surface area contributed by atoms with Gasteiger partial charge in [0, 0.05) is 24.7 Å². The van der Waals surface area contributed by atoms with Crippen LogP contribution >= 0.6 is 0 Å². The van der Waals surface area contributed by atoms with Crippen molar-refractivity contribution in [3.63, 3.8) is 0 Å². The highest BCUT2D eigenvalue weighted by Gasteiger charge is 2.30. The molecule has 18 heavy (non-hydrogen) atoms. The summed E-state index contributed by atoms with van der Waals surface area (Å²) in [6.45, 7) is 5.17. The highest BCUT2D eigenvalue weighted by atomic mass is 19.1. The lowest BCUT2D eigenvalue weighted by Gasteiger charge is -2.41. The summed E-state index contributed by atoms with van der Waals surface area (Å²) in [7, 11) is 1.84. The third-order valence-corrected chi connectivity index (χ3v) is 3.66. The Balaban J connectivity index is 2.20. The lowest BCUT2D eigenvalue weighted by molar-refractivity contribution is 0.271. The van der Waals surface area contributed by atoms with Gasteiger partial charge in [-0.15, -0.1) is 0 Å². The Morgan fingerprint density at radius 1 is 1.33 bits per heavy atom. The van der Waals surface area contributed by atoms with E-state index >= 15 is 0 Å². The molecule has 0 amide bonds. The quantitative estimate of drug-likeness (QED) is 0.873. The van der Waals surface area contributed by atoms with E-state index in [0.717, 1.165) is 25.5 Å². The summed E-state index contributed by atoms with van der Waals surface area (Å²) in [6, 6.07) is 3.84. The largest absolute Gasteiger partial charge is 0.369 e. The normalized spacial score (nSPS) is 22.8.